The molecule has 0 unspecified atom stereocenters. The molecule has 1 rings (SSSR count). The van der Waals surface area contributed by atoms with E-state index in [1.165, 1.54) is 5.84 Å². The zero-order valence-electron chi connectivity index (χ0n) is 8.86. The zero-order valence-corrected chi connectivity index (χ0v) is 8.86. The normalized spacial score (nSPS) is 18.9. The van der Waals surface area contributed by atoms with E-state index in [0.717, 1.165) is 13.1 Å². The highest BCUT2D eigenvalue weighted by atomic mass is 15.1. The molecule has 0 spiro atoms. The molecule has 1 N–H and O–H groups in total. The Hall–Kier alpha value is -0.530. The molecule has 2 nitrogen and oxygen atoms in total. The summed E-state index contributed by atoms with van der Waals surface area (Å²) in [7, 11) is 0. The van der Waals surface area contributed by atoms with E-state index in [9.17, 15) is 0 Å². The van der Waals surface area contributed by atoms with Crippen LogP contribution < -0.4 is 5.32 Å². The van der Waals surface area contributed by atoms with Crippen molar-refractivity contribution in [1.29, 1.82) is 0 Å². The lowest BCUT2D eigenvalue weighted by molar-refractivity contribution is 0.212. The first-order valence-corrected chi connectivity index (χ1v) is 4.64. The third-order valence-electron chi connectivity index (χ3n) is 3.14. The molecule has 0 amide bonds. The van der Waals surface area contributed by atoms with Crippen molar-refractivity contribution in [2.45, 2.75) is 34.6 Å². The first kappa shape index (κ1) is 9.56. The Morgan fingerprint density at radius 2 is 1.75 bits per heavy atom. The zero-order chi connectivity index (χ0) is 9.41. The van der Waals surface area contributed by atoms with Crippen molar-refractivity contribution in [3.63, 3.8) is 0 Å². The van der Waals surface area contributed by atoms with Crippen LogP contribution in [-0.4, -0.2) is 18.9 Å². The summed E-state index contributed by atoms with van der Waals surface area (Å²) in [6.07, 6.45) is 0. The van der Waals surface area contributed by atoms with E-state index in [0.29, 0.717) is 0 Å². The summed E-state index contributed by atoms with van der Waals surface area (Å²) in [5.74, 6) is 1.18. The van der Waals surface area contributed by atoms with Crippen molar-refractivity contribution in [1.82, 2.24) is 5.32 Å². The predicted octanol–water partition coefficient (Wildman–Crippen LogP) is 2.06. The van der Waals surface area contributed by atoms with E-state index in [1.807, 2.05) is 0 Å². The van der Waals surface area contributed by atoms with Crippen molar-refractivity contribution in [3.8, 4) is 0 Å². The Bertz CT molecular complexity index is 196. The van der Waals surface area contributed by atoms with E-state index >= 15 is 0 Å². The SMILES string of the molecule is CC(C)(C)C(C)(C)C1=NCCN1. The van der Waals surface area contributed by atoms with Gasteiger partial charge in [-0.2, -0.15) is 0 Å². The molecule has 0 aromatic carbocycles. The smallest absolute Gasteiger partial charge is 0.103 e. The molecule has 70 valence electrons. The van der Waals surface area contributed by atoms with Gasteiger partial charge in [0, 0.05) is 12.0 Å². The number of nitrogens with zero attached hydrogens (tertiary/aromatic N) is 1. The minimum absolute atomic E-state index is 0.156. The average molecular weight is 168 g/mol. The molecule has 0 saturated heterocycles. The van der Waals surface area contributed by atoms with Crippen LogP contribution in [0.4, 0.5) is 0 Å². The van der Waals surface area contributed by atoms with Gasteiger partial charge in [0.25, 0.3) is 0 Å². The number of hydrogen-bond donors (Lipinski definition) is 1. The van der Waals surface area contributed by atoms with E-state index in [4.69, 9.17) is 0 Å². The highest BCUT2D eigenvalue weighted by Crippen LogP contribution is 2.38. The maximum absolute atomic E-state index is 4.48. The lowest BCUT2D eigenvalue weighted by Crippen LogP contribution is -2.43. The molecule has 0 fully saturated rings. The summed E-state index contributed by atoms with van der Waals surface area (Å²) in [5, 5.41) is 3.35. The third-order valence-corrected chi connectivity index (χ3v) is 3.14. The van der Waals surface area contributed by atoms with Gasteiger partial charge in [-0.3, -0.25) is 4.99 Å². The molecule has 12 heavy (non-hydrogen) atoms. The molecule has 1 aliphatic rings. The minimum Gasteiger partial charge on any atom is -0.372 e. The van der Waals surface area contributed by atoms with Gasteiger partial charge in [-0.25, -0.2) is 0 Å². The van der Waals surface area contributed by atoms with E-state index in [-0.39, 0.29) is 10.8 Å². The first-order chi connectivity index (χ1) is 5.36. The number of nitrogens with one attached hydrogen (secondary N) is 1. The fourth-order valence-corrected chi connectivity index (χ4v) is 1.17. The quantitative estimate of drug-likeness (QED) is 0.637. The maximum Gasteiger partial charge on any atom is 0.103 e. The van der Waals surface area contributed by atoms with Crippen LogP contribution in [0.5, 0.6) is 0 Å². The predicted molar refractivity (Wildman–Crippen MR) is 53.5 cm³/mol. The fraction of sp³-hybridized carbons (Fsp3) is 0.900. The number of hydrogen-bond acceptors (Lipinski definition) is 2. The maximum atomic E-state index is 4.48. The molecule has 0 bridgehead atoms. The highest BCUT2D eigenvalue weighted by Gasteiger charge is 2.38. The Kier molecular flexibility index (Phi) is 2.19. The lowest BCUT2D eigenvalue weighted by Gasteiger charge is -2.38. The molecule has 0 aliphatic carbocycles. The second-order valence-electron chi connectivity index (χ2n) is 5.03. The summed E-state index contributed by atoms with van der Waals surface area (Å²) < 4.78 is 0. The van der Waals surface area contributed by atoms with Crippen LogP contribution in [0.2, 0.25) is 0 Å². The first-order valence-electron chi connectivity index (χ1n) is 4.64. The van der Waals surface area contributed by atoms with Crippen LogP contribution in [0, 0.1) is 10.8 Å². The van der Waals surface area contributed by atoms with Gasteiger partial charge >= 0.3 is 0 Å². The van der Waals surface area contributed by atoms with Gasteiger partial charge in [-0.15, -0.1) is 0 Å². The van der Waals surface area contributed by atoms with Gasteiger partial charge in [0.1, 0.15) is 5.84 Å². The van der Waals surface area contributed by atoms with Crippen molar-refractivity contribution < 1.29 is 0 Å². The largest absolute Gasteiger partial charge is 0.372 e. The van der Waals surface area contributed by atoms with Crippen molar-refractivity contribution >= 4 is 5.84 Å². The van der Waals surface area contributed by atoms with Gasteiger partial charge in [-0.05, 0) is 5.41 Å². The number of rotatable bonds is 1. The molecule has 2 heteroatoms. The third kappa shape index (κ3) is 1.47. The summed E-state index contributed by atoms with van der Waals surface area (Å²) >= 11 is 0. The van der Waals surface area contributed by atoms with Gasteiger partial charge in [0.2, 0.25) is 0 Å². The number of aliphatic imine (C=N–C) groups is 1. The van der Waals surface area contributed by atoms with Crippen LogP contribution in [-0.2, 0) is 0 Å². The van der Waals surface area contributed by atoms with Crippen LogP contribution in [0.3, 0.4) is 0 Å². The molecule has 0 aromatic heterocycles. The van der Waals surface area contributed by atoms with Gasteiger partial charge in [0.15, 0.2) is 0 Å². The standard InChI is InChI=1S/C10H20N2/c1-9(2,3)10(4,5)8-11-6-7-12-8/h6-7H2,1-5H3,(H,11,12). The van der Waals surface area contributed by atoms with Crippen LogP contribution in [0.1, 0.15) is 34.6 Å². The molecule has 0 aromatic rings. The molecular weight excluding hydrogens is 148 g/mol. The Balaban J connectivity index is 2.84. The molecule has 0 atom stereocenters. The molecule has 0 radical (unpaired) electrons. The minimum atomic E-state index is 0.156. The Morgan fingerprint density at radius 1 is 1.17 bits per heavy atom. The summed E-state index contributed by atoms with van der Waals surface area (Å²) in [6, 6.07) is 0. The van der Waals surface area contributed by atoms with Gasteiger partial charge in [0.05, 0.1) is 6.54 Å². The van der Waals surface area contributed by atoms with Crippen molar-refractivity contribution in [3.05, 3.63) is 0 Å². The van der Waals surface area contributed by atoms with E-state index in [2.05, 4.69) is 44.9 Å². The lowest BCUT2D eigenvalue weighted by atomic mass is 9.68. The van der Waals surface area contributed by atoms with Crippen LogP contribution >= 0.6 is 0 Å². The fourth-order valence-electron chi connectivity index (χ4n) is 1.17. The number of amidine groups is 1. The van der Waals surface area contributed by atoms with E-state index in [1.54, 1.807) is 0 Å². The van der Waals surface area contributed by atoms with Crippen molar-refractivity contribution in [2.24, 2.45) is 15.8 Å². The Morgan fingerprint density at radius 3 is 2.08 bits per heavy atom. The highest BCUT2D eigenvalue weighted by molar-refractivity contribution is 5.89. The molecule has 1 aliphatic heterocycles. The Labute approximate surface area is 75.5 Å². The summed E-state index contributed by atoms with van der Waals surface area (Å²) in [6.45, 7) is 13.2. The van der Waals surface area contributed by atoms with Gasteiger partial charge < -0.3 is 5.32 Å². The summed E-state index contributed by atoms with van der Waals surface area (Å²) in [5.41, 5.74) is 0.423. The molecule has 1 heterocycles. The van der Waals surface area contributed by atoms with Crippen molar-refractivity contribution in [2.75, 3.05) is 13.1 Å². The average Bonchev–Trinajstić information content (AvgIpc) is 2.34. The molecule has 0 saturated carbocycles. The van der Waals surface area contributed by atoms with E-state index < -0.39 is 0 Å². The van der Waals surface area contributed by atoms with Crippen LogP contribution in [0.15, 0.2) is 4.99 Å². The molecular formula is C10H20N2. The monoisotopic (exact) mass is 168 g/mol. The summed E-state index contributed by atoms with van der Waals surface area (Å²) in [4.78, 5) is 4.48. The second kappa shape index (κ2) is 2.75. The van der Waals surface area contributed by atoms with Crippen LogP contribution in [0.25, 0.3) is 0 Å². The second-order valence-corrected chi connectivity index (χ2v) is 5.03. The topological polar surface area (TPSA) is 24.4 Å². The van der Waals surface area contributed by atoms with Gasteiger partial charge in [-0.1, -0.05) is 34.6 Å².